The second-order valence-electron chi connectivity index (χ2n) is 2.34. The zero-order valence-corrected chi connectivity index (χ0v) is 5.98. The lowest BCUT2D eigenvalue weighted by Crippen LogP contribution is -1.94. The molecule has 1 saturated carbocycles. The van der Waals surface area contributed by atoms with Gasteiger partial charge in [-0.15, -0.1) is 0 Å². The van der Waals surface area contributed by atoms with E-state index in [9.17, 15) is 0 Å². The molecule has 0 atom stereocenters. The van der Waals surface area contributed by atoms with Crippen LogP contribution in [0.25, 0.3) is 0 Å². The molecule has 1 heteroatoms. The summed E-state index contributed by atoms with van der Waals surface area (Å²) in [6.07, 6.45) is 5.17. The summed E-state index contributed by atoms with van der Waals surface area (Å²) >= 11 is 0. The minimum atomic E-state index is 0.583. The first kappa shape index (κ1) is 7.96. The average molecular weight is 115 g/mol. The van der Waals surface area contributed by atoms with E-state index in [-0.39, 0.29) is 0 Å². The number of hydrogen-bond acceptors (Lipinski definition) is 1. The Hall–Kier alpha value is -0.0400. The van der Waals surface area contributed by atoms with Crippen molar-refractivity contribution in [3.05, 3.63) is 0 Å². The van der Waals surface area contributed by atoms with Gasteiger partial charge in [0, 0.05) is 6.04 Å². The minimum absolute atomic E-state index is 0.583. The van der Waals surface area contributed by atoms with Crippen molar-refractivity contribution < 1.29 is 0 Å². The van der Waals surface area contributed by atoms with Crippen molar-refractivity contribution in [1.29, 1.82) is 0 Å². The second-order valence-corrected chi connectivity index (χ2v) is 2.34. The summed E-state index contributed by atoms with van der Waals surface area (Å²) < 4.78 is 0. The zero-order chi connectivity index (χ0) is 6.41. The standard InChI is InChI=1S/C4H10.C3H7N/c1-3-4-2;4-3-1-2-3/h3-4H2,1-2H3;3H,1-2,4H2. The number of hydrogen-bond donors (Lipinski definition) is 1. The SMILES string of the molecule is CCCC.NC1CC1. The highest BCUT2D eigenvalue weighted by Gasteiger charge is 2.13. The number of nitrogens with two attached hydrogens (primary N) is 1. The molecule has 0 radical (unpaired) electrons. The molecule has 1 aliphatic carbocycles. The summed E-state index contributed by atoms with van der Waals surface area (Å²) in [5.41, 5.74) is 5.22. The van der Waals surface area contributed by atoms with Crippen molar-refractivity contribution in [2.24, 2.45) is 5.73 Å². The van der Waals surface area contributed by atoms with Crippen LogP contribution in [0.4, 0.5) is 0 Å². The highest BCUT2D eigenvalue weighted by Crippen LogP contribution is 2.13. The molecule has 0 aromatic heterocycles. The van der Waals surface area contributed by atoms with E-state index in [0.29, 0.717) is 6.04 Å². The van der Waals surface area contributed by atoms with E-state index in [1.54, 1.807) is 0 Å². The van der Waals surface area contributed by atoms with Crippen LogP contribution < -0.4 is 5.73 Å². The highest BCUT2D eigenvalue weighted by molar-refractivity contribution is 4.75. The molecule has 50 valence electrons. The molecule has 0 amide bonds. The molecule has 2 N–H and O–H groups in total. The van der Waals surface area contributed by atoms with Gasteiger partial charge in [-0.3, -0.25) is 0 Å². The normalized spacial score (nSPS) is 16.9. The van der Waals surface area contributed by atoms with Crippen LogP contribution in [0, 0.1) is 0 Å². The fourth-order valence-electron chi connectivity index (χ4n) is 0.0962. The summed E-state index contributed by atoms with van der Waals surface area (Å²) in [7, 11) is 0. The first-order chi connectivity index (χ1) is 3.81. The van der Waals surface area contributed by atoms with Gasteiger partial charge in [-0.2, -0.15) is 0 Å². The molecule has 0 bridgehead atoms. The quantitative estimate of drug-likeness (QED) is 0.555. The smallest absolute Gasteiger partial charge is 0.00399 e. The first-order valence-corrected chi connectivity index (χ1v) is 3.56. The van der Waals surface area contributed by atoms with E-state index in [4.69, 9.17) is 5.73 Å². The van der Waals surface area contributed by atoms with Gasteiger partial charge >= 0.3 is 0 Å². The van der Waals surface area contributed by atoms with Crippen molar-refractivity contribution in [3.63, 3.8) is 0 Å². The summed E-state index contributed by atoms with van der Waals surface area (Å²) in [6.45, 7) is 4.36. The van der Waals surface area contributed by atoms with E-state index in [1.807, 2.05) is 0 Å². The van der Waals surface area contributed by atoms with Crippen molar-refractivity contribution in [2.75, 3.05) is 0 Å². The van der Waals surface area contributed by atoms with Crippen LogP contribution >= 0.6 is 0 Å². The van der Waals surface area contributed by atoms with Gasteiger partial charge in [-0.1, -0.05) is 26.7 Å². The molecule has 1 rings (SSSR count). The third-order valence-electron chi connectivity index (χ3n) is 1.12. The fraction of sp³-hybridized carbons (Fsp3) is 1.00. The van der Waals surface area contributed by atoms with Crippen molar-refractivity contribution in [3.8, 4) is 0 Å². The highest BCUT2D eigenvalue weighted by atomic mass is 14.7. The molecule has 1 aliphatic rings. The molecular formula is C7H17N. The van der Waals surface area contributed by atoms with Crippen molar-refractivity contribution in [1.82, 2.24) is 0 Å². The number of rotatable bonds is 1. The van der Waals surface area contributed by atoms with E-state index in [0.717, 1.165) is 0 Å². The summed E-state index contributed by atoms with van der Waals surface area (Å²) in [5.74, 6) is 0. The molecule has 0 aliphatic heterocycles. The molecule has 0 spiro atoms. The third-order valence-corrected chi connectivity index (χ3v) is 1.12. The van der Waals surface area contributed by atoms with E-state index >= 15 is 0 Å². The van der Waals surface area contributed by atoms with Gasteiger partial charge in [0.2, 0.25) is 0 Å². The molecule has 1 fully saturated rings. The predicted molar refractivity (Wildman–Crippen MR) is 37.8 cm³/mol. The van der Waals surface area contributed by atoms with Gasteiger partial charge in [0.05, 0.1) is 0 Å². The number of unbranched alkanes of at least 4 members (excludes halogenated alkanes) is 1. The van der Waals surface area contributed by atoms with E-state index < -0.39 is 0 Å². The lowest BCUT2D eigenvalue weighted by atomic mass is 10.4. The lowest BCUT2D eigenvalue weighted by molar-refractivity contribution is 0.886. The Morgan fingerprint density at radius 2 is 1.50 bits per heavy atom. The van der Waals surface area contributed by atoms with Gasteiger partial charge in [0.15, 0.2) is 0 Å². The van der Waals surface area contributed by atoms with Gasteiger partial charge in [0.25, 0.3) is 0 Å². The van der Waals surface area contributed by atoms with E-state index in [1.165, 1.54) is 25.7 Å². The third kappa shape index (κ3) is 9.35. The molecule has 0 unspecified atom stereocenters. The Bertz CT molecular complexity index is 37.7. The Balaban J connectivity index is 0.000000122. The Labute approximate surface area is 52.3 Å². The van der Waals surface area contributed by atoms with Crippen LogP contribution in [-0.2, 0) is 0 Å². The second kappa shape index (κ2) is 5.10. The maximum absolute atomic E-state index is 5.22. The summed E-state index contributed by atoms with van der Waals surface area (Å²) in [6, 6.07) is 0.583. The van der Waals surface area contributed by atoms with Crippen LogP contribution in [0.5, 0.6) is 0 Å². The predicted octanol–water partition coefficient (Wildman–Crippen LogP) is 1.91. The summed E-state index contributed by atoms with van der Waals surface area (Å²) in [4.78, 5) is 0. The Morgan fingerprint density at radius 1 is 1.25 bits per heavy atom. The molecule has 0 aromatic rings. The van der Waals surface area contributed by atoms with Crippen molar-refractivity contribution >= 4 is 0 Å². The zero-order valence-electron chi connectivity index (χ0n) is 5.98. The fourth-order valence-corrected chi connectivity index (χ4v) is 0.0962. The molecule has 0 saturated heterocycles. The van der Waals surface area contributed by atoms with Gasteiger partial charge in [-0.05, 0) is 12.8 Å². The van der Waals surface area contributed by atoms with Gasteiger partial charge in [0.1, 0.15) is 0 Å². The van der Waals surface area contributed by atoms with Gasteiger partial charge in [-0.25, -0.2) is 0 Å². The van der Waals surface area contributed by atoms with E-state index in [2.05, 4.69) is 13.8 Å². The minimum Gasteiger partial charge on any atom is -0.328 e. The molecule has 0 heterocycles. The molecule has 0 aromatic carbocycles. The maximum atomic E-state index is 5.22. The maximum Gasteiger partial charge on any atom is 0.00399 e. The molecule has 8 heavy (non-hydrogen) atoms. The van der Waals surface area contributed by atoms with Crippen molar-refractivity contribution in [2.45, 2.75) is 45.6 Å². The Morgan fingerprint density at radius 3 is 1.50 bits per heavy atom. The lowest BCUT2D eigenvalue weighted by Gasteiger charge is -1.68. The Kier molecular flexibility index (Phi) is 5.08. The van der Waals surface area contributed by atoms with Crippen LogP contribution in [-0.4, -0.2) is 6.04 Å². The van der Waals surface area contributed by atoms with Crippen LogP contribution in [0.1, 0.15) is 39.5 Å². The summed E-state index contributed by atoms with van der Waals surface area (Å²) in [5, 5.41) is 0. The monoisotopic (exact) mass is 115 g/mol. The van der Waals surface area contributed by atoms with Crippen LogP contribution in [0.2, 0.25) is 0 Å². The van der Waals surface area contributed by atoms with Crippen LogP contribution in [0.15, 0.2) is 0 Å². The molecule has 1 nitrogen and oxygen atoms in total. The molecular weight excluding hydrogens is 98.1 g/mol. The topological polar surface area (TPSA) is 26.0 Å². The van der Waals surface area contributed by atoms with Crippen LogP contribution in [0.3, 0.4) is 0 Å². The largest absolute Gasteiger partial charge is 0.328 e. The first-order valence-electron chi connectivity index (χ1n) is 3.56. The van der Waals surface area contributed by atoms with Gasteiger partial charge < -0.3 is 5.73 Å². The average Bonchev–Trinajstić information content (AvgIpc) is 2.52.